The van der Waals surface area contributed by atoms with Gasteiger partial charge in [-0.2, -0.15) is 0 Å². The van der Waals surface area contributed by atoms with Crippen molar-refractivity contribution in [2.24, 2.45) is 0 Å². The Morgan fingerprint density at radius 1 is 0.889 bits per heavy atom. The lowest BCUT2D eigenvalue weighted by Crippen LogP contribution is -2.43. The second kappa shape index (κ2) is 7.03. The van der Waals surface area contributed by atoms with Gasteiger partial charge in [0.2, 0.25) is 0 Å². The van der Waals surface area contributed by atoms with Crippen LogP contribution in [0.5, 0.6) is 0 Å². The molecule has 0 bridgehead atoms. The molecule has 0 rings (SSSR count). The molecule has 18 heavy (non-hydrogen) atoms. The average Bonchev–Trinajstić information content (AvgIpc) is 2.15. The van der Waals surface area contributed by atoms with Crippen molar-refractivity contribution in [1.82, 2.24) is 0 Å². The fourth-order valence-electron chi connectivity index (χ4n) is 1.50. The lowest BCUT2D eigenvalue weighted by molar-refractivity contribution is -0.227. The van der Waals surface area contributed by atoms with Gasteiger partial charge in [-0.15, -0.1) is 0 Å². The molecule has 0 heterocycles. The van der Waals surface area contributed by atoms with Crippen LogP contribution in [0.15, 0.2) is 0 Å². The van der Waals surface area contributed by atoms with Gasteiger partial charge in [-0.3, -0.25) is 0 Å². The van der Waals surface area contributed by atoms with Gasteiger partial charge < -0.3 is 13.9 Å². The summed E-state index contributed by atoms with van der Waals surface area (Å²) in [6.45, 7) is 19.3. The first-order valence-electron chi connectivity index (χ1n) is 7.00. The van der Waals surface area contributed by atoms with Crippen LogP contribution in [0, 0.1) is 0 Å². The first-order chi connectivity index (χ1) is 8.08. The van der Waals surface area contributed by atoms with E-state index in [9.17, 15) is 0 Å². The van der Waals surface area contributed by atoms with E-state index in [0.29, 0.717) is 19.8 Å². The number of hydrogen-bond donors (Lipinski definition) is 0. The Bertz CT molecular complexity index is 228. The SMILES string of the molecule is CCOC(C)(CCO[Si](C)(C)C(C)(C)C)OCC. The van der Waals surface area contributed by atoms with E-state index < -0.39 is 14.1 Å². The highest BCUT2D eigenvalue weighted by Gasteiger charge is 2.37. The van der Waals surface area contributed by atoms with E-state index in [2.05, 4.69) is 33.9 Å². The third-order valence-corrected chi connectivity index (χ3v) is 8.26. The van der Waals surface area contributed by atoms with Gasteiger partial charge in [0.25, 0.3) is 0 Å². The molecule has 0 saturated heterocycles. The molecule has 0 N–H and O–H groups in total. The highest BCUT2D eigenvalue weighted by atomic mass is 28.4. The van der Waals surface area contributed by atoms with Gasteiger partial charge >= 0.3 is 0 Å². The molecule has 0 radical (unpaired) electrons. The number of rotatable bonds is 8. The fraction of sp³-hybridized carbons (Fsp3) is 1.00. The van der Waals surface area contributed by atoms with Gasteiger partial charge in [0, 0.05) is 26.2 Å². The molecular formula is C14H32O3Si. The van der Waals surface area contributed by atoms with Crippen molar-refractivity contribution < 1.29 is 13.9 Å². The number of ether oxygens (including phenoxy) is 2. The van der Waals surface area contributed by atoms with Crippen LogP contribution in [0.4, 0.5) is 0 Å². The van der Waals surface area contributed by atoms with Gasteiger partial charge in [-0.25, -0.2) is 0 Å². The zero-order valence-corrected chi connectivity index (χ0v) is 14.6. The van der Waals surface area contributed by atoms with Gasteiger partial charge in [0.05, 0.1) is 0 Å². The normalized spacial score (nSPS) is 14.0. The lowest BCUT2D eigenvalue weighted by atomic mass is 10.2. The summed E-state index contributed by atoms with van der Waals surface area (Å²) in [5, 5.41) is 0.251. The van der Waals surface area contributed by atoms with Gasteiger partial charge in [-0.1, -0.05) is 20.8 Å². The smallest absolute Gasteiger partial charge is 0.191 e. The summed E-state index contributed by atoms with van der Waals surface area (Å²) in [5.41, 5.74) is 0. The summed E-state index contributed by atoms with van der Waals surface area (Å²) in [6.07, 6.45) is 0.779. The topological polar surface area (TPSA) is 27.7 Å². The Kier molecular flexibility index (Phi) is 7.07. The third kappa shape index (κ3) is 5.82. The molecular weight excluding hydrogens is 244 g/mol. The molecule has 110 valence electrons. The van der Waals surface area contributed by atoms with Crippen molar-refractivity contribution in [3.8, 4) is 0 Å². The minimum Gasteiger partial charge on any atom is -0.417 e. The Morgan fingerprint density at radius 2 is 1.33 bits per heavy atom. The van der Waals surface area contributed by atoms with Crippen molar-refractivity contribution in [2.45, 2.75) is 71.9 Å². The molecule has 0 aromatic carbocycles. The molecule has 0 amide bonds. The summed E-state index contributed by atoms with van der Waals surface area (Å²) in [7, 11) is -1.66. The Labute approximate surface area is 114 Å². The first-order valence-corrected chi connectivity index (χ1v) is 9.90. The molecule has 4 heteroatoms. The van der Waals surface area contributed by atoms with E-state index in [4.69, 9.17) is 13.9 Å². The van der Waals surface area contributed by atoms with Crippen molar-refractivity contribution >= 4 is 8.32 Å². The summed E-state index contributed by atoms with van der Waals surface area (Å²) in [6, 6.07) is 0. The molecule has 0 spiro atoms. The van der Waals surface area contributed by atoms with E-state index in [1.54, 1.807) is 0 Å². The molecule has 0 unspecified atom stereocenters. The average molecular weight is 276 g/mol. The molecule has 0 aliphatic heterocycles. The standard InChI is InChI=1S/C14H32O3Si/c1-9-15-14(6,16-10-2)11-12-17-18(7,8)13(3,4)5/h9-12H2,1-8H3. The molecule has 3 nitrogen and oxygen atoms in total. The predicted octanol–water partition coefficient (Wildman–Crippen LogP) is 4.19. The van der Waals surface area contributed by atoms with Gasteiger partial charge in [0.1, 0.15) is 0 Å². The highest BCUT2D eigenvalue weighted by Crippen LogP contribution is 2.36. The van der Waals surface area contributed by atoms with Crippen molar-refractivity contribution in [3.05, 3.63) is 0 Å². The zero-order chi connectivity index (χ0) is 14.4. The lowest BCUT2D eigenvalue weighted by Gasteiger charge is -2.37. The van der Waals surface area contributed by atoms with E-state index in [-0.39, 0.29) is 5.04 Å². The Morgan fingerprint density at radius 3 is 1.67 bits per heavy atom. The highest BCUT2D eigenvalue weighted by molar-refractivity contribution is 6.74. The van der Waals surface area contributed by atoms with Crippen LogP contribution in [0.1, 0.15) is 48.0 Å². The van der Waals surface area contributed by atoms with Gasteiger partial charge in [-0.05, 0) is 38.9 Å². The van der Waals surface area contributed by atoms with Crippen LogP contribution < -0.4 is 0 Å². The molecule has 0 aromatic rings. The summed E-state index contributed by atoms with van der Waals surface area (Å²) in [4.78, 5) is 0. The van der Waals surface area contributed by atoms with Crippen LogP contribution in [-0.2, 0) is 13.9 Å². The minimum atomic E-state index is -1.66. The number of hydrogen-bond acceptors (Lipinski definition) is 3. The first kappa shape index (κ1) is 18.1. The van der Waals surface area contributed by atoms with Crippen LogP contribution in [-0.4, -0.2) is 33.9 Å². The maximum absolute atomic E-state index is 6.16. The Hall–Kier alpha value is 0.0969. The third-order valence-electron chi connectivity index (χ3n) is 3.72. The van der Waals surface area contributed by atoms with E-state index in [0.717, 1.165) is 6.42 Å². The molecule has 0 aliphatic rings. The maximum atomic E-state index is 6.16. The van der Waals surface area contributed by atoms with Crippen molar-refractivity contribution in [2.75, 3.05) is 19.8 Å². The Balaban J connectivity index is 4.30. The fourth-order valence-corrected chi connectivity index (χ4v) is 2.55. The largest absolute Gasteiger partial charge is 0.417 e. The van der Waals surface area contributed by atoms with E-state index >= 15 is 0 Å². The summed E-state index contributed by atoms with van der Waals surface area (Å²) in [5.74, 6) is -0.508. The summed E-state index contributed by atoms with van der Waals surface area (Å²) >= 11 is 0. The second-order valence-corrected chi connectivity index (χ2v) is 11.2. The van der Waals surface area contributed by atoms with E-state index in [1.807, 2.05) is 20.8 Å². The van der Waals surface area contributed by atoms with E-state index in [1.165, 1.54) is 0 Å². The maximum Gasteiger partial charge on any atom is 0.191 e. The molecule has 0 aromatic heterocycles. The van der Waals surface area contributed by atoms with Gasteiger partial charge in [0.15, 0.2) is 14.1 Å². The van der Waals surface area contributed by atoms with Crippen molar-refractivity contribution in [3.63, 3.8) is 0 Å². The quantitative estimate of drug-likeness (QED) is 0.491. The molecule has 0 saturated carbocycles. The van der Waals surface area contributed by atoms with Crippen LogP contribution >= 0.6 is 0 Å². The zero-order valence-electron chi connectivity index (χ0n) is 13.6. The van der Waals surface area contributed by atoms with Crippen molar-refractivity contribution in [1.29, 1.82) is 0 Å². The predicted molar refractivity (Wildman–Crippen MR) is 79.4 cm³/mol. The van der Waals surface area contributed by atoms with Crippen LogP contribution in [0.3, 0.4) is 0 Å². The van der Waals surface area contributed by atoms with Crippen LogP contribution in [0.2, 0.25) is 18.1 Å². The monoisotopic (exact) mass is 276 g/mol. The molecule has 0 fully saturated rings. The minimum absolute atomic E-state index is 0.251. The molecule has 0 atom stereocenters. The van der Waals surface area contributed by atoms with Crippen LogP contribution in [0.25, 0.3) is 0 Å². The summed E-state index contributed by atoms with van der Waals surface area (Å²) < 4.78 is 17.5. The second-order valence-electron chi connectivity index (χ2n) is 6.36. The molecule has 0 aliphatic carbocycles.